The number of nitrogens with zero attached hydrogens (tertiary/aromatic N) is 3. The molecule has 2 heterocycles. The van der Waals surface area contributed by atoms with Crippen LogP contribution in [0.25, 0.3) is 21.1 Å². The highest BCUT2D eigenvalue weighted by atomic mass is 32.1. The smallest absolute Gasteiger partial charge is 0.337 e. The van der Waals surface area contributed by atoms with Crippen molar-refractivity contribution in [3.8, 4) is 21.1 Å². The Morgan fingerprint density at radius 1 is 0.966 bits per heavy atom. The lowest BCUT2D eigenvalue weighted by atomic mass is 10.1. The van der Waals surface area contributed by atoms with Crippen LogP contribution in [-0.2, 0) is 9.47 Å². The van der Waals surface area contributed by atoms with Crippen molar-refractivity contribution in [2.24, 2.45) is 0 Å². The van der Waals surface area contributed by atoms with Crippen molar-refractivity contribution >= 4 is 23.0 Å². The van der Waals surface area contributed by atoms with E-state index in [-0.39, 0.29) is 18.2 Å². The van der Waals surface area contributed by atoms with Gasteiger partial charge in [-0.1, -0.05) is 23.5 Å². The number of carbonyl (C=O) groups excluding carboxylic acids is 1. The molecule has 1 fully saturated rings. The molecule has 7 heteroatoms. The lowest BCUT2D eigenvalue weighted by Crippen LogP contribution is -2.45. The molecule has 2 atom stereocenters. The second-order valence-corrected chi connectivity index (χ2v) is 8.17. The molecule has 6 nitrogen and oxygen atoms in total. The van der Waals surface area contributed by atoms with E-state index in [1.54, 1.807) is 12.1 Å². The Balaban J connectivity index is 1.50. The molecule has 3 aromatic rings. The Morgan fingerprint density at radius 2 is 1.48 bits per heavy atom. The van der Waals surface area contributed by atoms with Crippen LogP contribution >= 0.6 is 11.3 Å². The van der Waals surface area contributed by atoms with Crippen LogP contribution in [0.3, 0.4) is 0 Å². The third-order valence-corrected chi connectivity index (χ3v) is 5.90. The summed E-state index contributed by atoms with van der Waals surface area (Å²) in [4.78, 5) is 13.9. The van der Waals surface area contributed by atoms with Gasteiger partial charge in [0.1, 0.15) is 10.0 Å². The molecule has 0 aliphatic carbocycles. The largest absolute Gasteiger partial charge is 0.465 e. The maximum absolute atomic E-state index is 11.6. The maximum atomic E-state index is 11.6. The molecule has 0 unspecified atom stereocenters. The summed E-state index contributed by atoms with van der Waals surface area (Å²) in [6.45, 7) is 6.01. The molecular formula is C22H23N3O3S. The van der Waals surface area contributed by atoms with Crippen molar-refractivity contribution in [2.75, 3.05) is 25.1 Å². The van der Waals surface area contributed by atoms with Gasteiger partial charge in [-0.25, -0.2) is 4.79 Å². The first-order valence-electron chi connectivity index (χ1n) is 9.56. The molecule has 1 aliphatic heterocycles. The number of esters is 1. The standard InChI is InChI=1S/C22H23N3O3S/c1-14-12-25(13-15(2)28-14)19-10-8-17(9-11-19)21-24-23-20(29-21)16-4-6-18(7-5-16)22(26)27-3/h4-11,14-15H,12-13H2,1-3H3/t14-,15+. The lowest BCUT2D eigenvalue weighted by molar-refractivity contribution is -0.00521. The second-order valence-electron chi connectivity index (χ2n) is 7.19. The van der Waals surface area contributed by atoms with E-state index in [2.05, 4.69) is 53.2 Å². The summed E-state index contributed by atoms with van der Waals surface area (Å²) in [5, 5.41) is 10.3. The van der Waals surface area contributed by atoms with Crippen molar-refractivity contribution in [3.05, 3.63) is 54.1 Å². The summed E-state index contributed by atoms with van der Waals surface area (Å²) in [6, 6.07) is 15.6. The molecule has 1 aromatic heterocycles. The van der Waals surface area contributed by atoms with E-state index in [4.69, 9.17) is 9.47 Å². The van der Waals surface area contributed by atoms with Crippen LogP contribution < -0.4 is 4.90 Å². The molecule has 0 amide bonds. The van der Waals surface area contributed by atoms with Gasteiger partial charge in [0.05, 0.1) is 24.9 Å². The van der Waals surface area contributed by atoms with Gasteiger partial charge in [-0.15, -0.1) is 10.2 Å². The van der Waals surface area contributed by atoms with Gasteiger partial charge < -0.3 is 14.4 Å². The minimum Gasteiger partial charge on any atom is -0.465 e. The third-order valence-electron chi connectivity index (χ3n) is 4.88. The molecule has 29 heavy (non-hydrogen) atoms. The first-order valence-corrected chi connectivity index (χ1v) is 10.4. The maximum Gasteiger partial charge on any atom is 0.337 e. The molecule has 0 spiro atoms. The van der Waals surface area contributed by atoms with E-state index >= 15 is 0 Å². The molecule has 0 radical (unpaired) electrons. The first kappa shape index (κ1) is 19.5. The van der Waals surface area contributed by atoms with Gasteiger partial charge >= 0.3 is 5.97 Å². The second kappa shape index (κ2) is 8.31. The molecule has 150 valence electrons. The number of benzene rings is 2. The fourth-order valence-electron chi connectivity index (χ4n) is 3.53. The number of hydrogen-bond acceptors (Lipinski definition) is 7. The van der Waals surface area contributed by atoms with Gasteiger partial charge in [-0.05, 0) is 50.2 Å². The first-order chi connectivity index (χ1) is 14.0. The summed E-state index contributed by atoms with van der Waals surface area (Å²) in [5.74, 6) is -0.348. The van der Waals surface area contributed by atoms with Crippen molar-refractivity contribution in [1.82, 2.24) is 10.2 Å². The van der Waals surface area contributed by atoms with Gasteiger partial charge in [0.25, 0.3) is 0 Å². The predicted molar refractivity (Wildman–Crippen MR) is 114 cm³/mol. The van der Waals surface area contributed by atoms with E-state index in [0.29, 0.717) is 5.56 Å². The van der Waals surface area contributed by atoms with Crippen LogP contribution in [0.15, 0.2) is 48.5 Å². The Kier molecular flexibility index (Phi) is 5.60. The third kappa shape index (κ3) is 4.31. The molecule has 2 aromatic carbocycles. The van der Waals surface area contributed by atoms with Crippen LogP contribution in [0.2, 0.25) is 0 Å². The zero-order valence-electron chi connectivity index (χ0n) is 16.7. The Bertz CT molecular complexity index is 975. The number of anilines is 1. The highest BCUT2D eigenvalue weighted by Crippen LogP contribution is 2.31. The van der Waals surface area contributed by atoms with Crippen LogP contribution in [0.4, 0.5) is 5.69 Å². The Hall–Kier alpha value is -2.77. The number of aromatic nitrogens is 2. The fourth-order valence-corrected chi connectivity index (χ4v) is 4.38. The highest BCUT2D eigenvalue weighted by Gasteiger charge is 2.22. The van der Waals surface area contributed by atoms with Gasteiger partial charge in [-0.3, -0.25) is 0 Å². The number of morpholine rings is 1. The van der Waals surface area contributed by atoms with Crippen molar-refractivity contribution in [1.29, 1.82) is 0 Å². The van der Waals surface area contributed by atoms with Crippen LogP contribution in [0, 0.1) is 0 Å². The van der Waals surface area contributed by atoms with Gasteiger partial charge in [0.2, 0.25) is 0 Å². The summed E-state index contributed by atoms with van der Waals surface area (Å²) in [5.41, 5.74) is 3.68. The van der Waals surface area contributed by atoms with E-state index in [0.717, 1.165) is 34.2 Å². The topological polar surface area (TPSA) is 64.5 Å². The summed E-state index contributed by atoms with van der Waals surface area (Å²) >= 11 is 1.53. The zero-order valence-corrected chi connectivity index (χ0v) is 17.5. The van der Waals surface area contributed by atoms with E-state index < -0.39 is 0 Å². The molecule has 0 saturated carbocycles. The Labute approximate surface area is 174 Å². The number of hydrogen-bond donors (Lipinski definition) is 0. The molecule has 0 bridgehead atoms. The van der Waals surface area contributed by atoms with E-state index in [9.17, 15) is 4.79 Å². The van der Waals surface area contributed by atoms with Gasteiger partial charge in [-0.2, -0.15) is 0 Å². The lowest BCUT2D eigenvalue weighted by Gasteiger charge is -2.36. The summed E-state index contributed by atoms with van der Waals surface area (Å²) < 4.78 is 10.6. The van der Waals surface area contributed by atoms with Gasteiger partial charge in [0.15, 0.2) is 0 Å². The number of rotatable bonds is 4. The minimum atomic E-state index is -0.348. The molecule has 1 saturated heterocycles. The molecule has 0 N–H and O–H groups in total. The van der Waals surface area contributed by atoms with Crippen LogP contribution in [0.5, 0.6) is 0 Å². The van der Waals surface area contributed by atoms with Crippen LogP contribution in [0.1, 0.15) is 24.2 Å². The minimum absolute atomic E-state index is 0.231. The van der Waals surface area contributed by atoms with Crippen molar-refractivity contribution < 1.29 is 14.3 Å². The van der Waals surface area contributed by atoms with Gasteiger partial charge in [0, 0.05) is 29.9 Å². The number of ether oxygens (including phenoxy) is 2. The molecular weight excluding hydrogens is 386 g/mol. The summed E-state index contributed by atoms with van der Waals surface area (Å²) in [6.07, 6.45) is 0.462. The number of carbonyl (C=O) groups is 1. The monoisotopic (exact) mass is 409 g/mol. The molecule has 4 rings (SSSR count). The predicted octanol–water partition coefficient (Wildman–Crippen LogP) is 4.27. The Morgan fingerprint density at radius 3 is 2.00 bits per heavy atom. The molecule has 1 aliphatic rings. The zero-order chi connectivity index (χ0) is 20.4. The van der Waals surface area contributed by atoms with Crippen molar-refractivity contribution in [3.63, 3.8) is 0 Å². The SMILES string of the molecule is COC(=O)c1ccc(-c2nnc(-c3ccc(N4C[C@@H](C)O[C@@H](C)C4)cc3)s2)cc1. The highest BCUT2D eigenvalue weighted by molar-refractivity contribution is 7.17. The van der Waals surface area contributed by atoms with E-state index in [1.807, 2.05) is 12.1 Å². The van der Waals surface area contributed by atoms with E-state index in [1.165, 1.54) is 24.1 Å². The number of methoxy groups -OCH3 is 1. The fraction of sp³-hybridized carbons (Fsp3) is 0.318. The van der Waals surface area contributed by atoms with Crippen molar-refractivity contribution in [2.45, 2.75) is 26.1 Å². The average molecular weight is 410 g/mol. The van der Waals surface area contributed by atoms with Crippen LogP contribution in [-0.4, -0.2) is 48.6 Å². The average Bonchev–Trinajstić information content (AvgIpc) is 3.23. The quantitative estimate of drug-likeness (QED) is 0.600. The summed E-state index contributed by atoms with van der Waals surface area (Å²) in [7, 11) is 1.37. The normalized spacial score (nSPS) is 19.2.